The molecule has 0 saturated carbocycles. The number of hydrogen-bond acceptors (Lipinski definition) is 3. The predicted molar refractivity (Wildman–Crippen MR) is 108 cm³/mol. The number of aromatic nitrogens is 1. The van der Waals surface area contributed by atoms with Crippen LogP contribution in [-0.4, -0.2) is 49.1 Å². The van der Waals surface area contributed by atoms with Gasteiger partial charge in [-0.15, -0.1) is 0 Å². The minimum Gasteiger partial charge on any atom is -0.356 e. The van der Waals surface area contributed by atoms with Crippen LogP contribution in [0.25, 0.3) is 0 Å². The summed E-state index contributed by atoms with van der Waals surface area (Å²) in [5.41, 5.74) is 4.10. The molecule has 3 rings (SSSR count). The Bertz CT molecular complexity index is 729. The van der Waals surface area contributed by atoms with E-state index in [0.717, 1.165) is 57.1 Å². The Morgan fingerprint density at radius 1 is 1.15 bits per heavy atom. The molecule has 0 bridgehead atoms. The van der Waals surface area contributed by atoms with Gasteiger partial charge in [0.05, 0.1) is 0 Å². The van der Waals surface area contributed by atoms with Gasteiger partial charge in [0.1, 0.15) is 5.15 Å². The normalized spacial score (nSPS) is 14.8. The summed E-state index contributed by atoms with van der Waals surface area (Å²) in [5.74, 6) is 0.837. The number of halogens is 1. The van der Waals surface area contributed by atoms with Crippen LogP contribution >= 0.6 is 11.6 Å². The zero-order valence-corrected chi connectivity index (χ0v) is 16.0. The van der Waals surface area contributed by atoms with E-state index in [1.807, 2.05) is 18.3 Å². The molecule has 6 heteroatoms. The minimum absolute atomic E-state index is 0.527. The third-order valence-electron chi connectivity index (χ3n) is 4.65. The molecule has 2 N–H and O–H groups in total. The number of pyridine rings is 1. The van der Waals surface area contributed by atoms with Crippen LogP contribution in [0, 0.1) is 0 Å². The number of nitrogens with zero attached hydrogens (tertiary/aromatic N) is 3. The number of nitrogens with one attached hydrogen (secondary N) is 2. The van der Waals surface area contributed by atoms with E-state index in [-0.39, 0.29) is 0 Å². The molecule has 2 heterocycles. The summed E-state index contributed by atoms with van der Waals surface area (Å²) in [6.45, 7) is 4.85. The highest BCUT2D eigenvalue weighted by Gasteiger charge is 2.14. The van der Waals surface area contributed by atoms with Crippen molar-refractivity contribution in [1.29, 1.82) is 0 Å². The fourth-order valence-electron chi connectivity index (χ4n) is 3.18. The molecule has 0 saturated heterocycles. The first kappa shape index (κ1) is 18.7. The summed E-state index contributed by atoms with van der Waals surface area (Å²) in [7, 11) is 1.80. The molecule has 0 spiro atoms. The molecular weight excluding hydrogens is 346 g/mol. The van der Waals surface area contributed by atoms with Crippen LogP contribution < -0.4 is 10.6 Å². The van der Waals surface area contributed by atoms with Gasteiger partial charge in [-0.05, 0) is 35.6 Å². The van der Waals surface area contributed by atoms with E-state index in [0.29, 0.717) is 5.15 Å². The largest absolute Gasteiger partial charge is 0.356 e. The molecule has 0 aliphatic carbocycles. The van der Waals surface area contributed by atoms with Crippen LogP contribution in [0.5, 0.6) is 0 Å². The first-order valence-corrected chi connectivity index (χ1v) is 9.46. The zero-order chi connectivity index (χ0) is 18.2. The van der Waals surface area contributed by atoms with Crippen molar-refractivity contribution < 1.29 is 0 Å². The van der Waals surface area contributed by atoms with Gasteiger partial charge < -0.3 is 10.6 Å². The van der Waals surface area contributed by atoms with Crippen LogP contribution in [0.1, 0.15) is 16.7 Å². The third-order valence-corrected chi connectivity index (χ3v) is 4.87. The van der Waals surface area contributed by atoms with E-state index < -0.39 is 0 Å². The van der Waals surface area contributed by atoms with Crippen molar-refractivity contribution in [2.45, 2.75) is 19.4 Å². The summed E-state index contributed by atoms with van der Waals surface area (Å²) in [5, 5.41) is 7.27. The lowest BCUT2D eigenvalue weighted by Gasteiger charge is -2.28. The second-order valence-electron chi connectivity index (χ2n) is 6.46. The zero-order valence-electron chi connectivity index (χ0n) is 15.2. The summed E-state index contributed by atoms with van der Waals surface area (Å²) in [6.07, 6.45) is 3.83. The van der Waals surface area contributed by atoms with Crippen molar-refractivity contribution in [1.82, 2.24) is 20.5 Å². The van der Waals surface area contributed by atoms with E-state index in [9.17, 15) is 0 Å². The average molecular weight is 372 g/mol. The van der Waals surface area contributed by atoms with E-state index in [4.69, 9.17) is 11.6 Å². The van der Waals surface area contributed by atoms with Gasteiger partial charge in [-0.3, -0.25) is 9.89 Å². The van der Waals surface area contributed by atoms with Gasteiger partial charge in [-0.1, -0.05) is 41.9 Å². The summed E-state index contributed by atoms with van der Waals surface area (Å²) >= 11 is 5.81. The average Bonchev–Trinajstić information content (AvgIpc) is 2.68. The van der Waals surface area contributed by atoms with Gasteiger partial charge in [-0.2, -0.15) is 0 Å². The van der Waals surface area contributed by atoms with E-state index in [2.05, 4.69) is 49.8 Å². The molecule has 1 aromatic heterocycles. The maximum Gasteiger partial charge on any atom is 0.191 e. The van der Waals surface area contributed by atoms with Crippen LogP contribution in [0.2, 0.25) is 5.15 Å². The Kier molecular flexibility index (Phi) is 6.86. The fourth-order valence-corrected chi connectivity index (χ4v) is 3.29. The Balaban J connectivity index is 1.36. The topological polar surface area (TPSA) is 52.6 Å². The first-order chi connectivity index (χ1) is 12.7. The molecule has 2 aromatic rings. The monoisotopic (exact) mass is 371 g/mol. The molecule has 0 radical (unpaired) electrons. The second kappa shape index (κ2) is 9.55. The highest BCUT2D eigenvalue weighted by Crippen LogP contribution is 2.17. The summed E-state index contributed by atoms with van der Waals surface area (Å²) in [6, 6.07) is 12.6. The first-order valence-electron chi connectivity index (χ1n) is 9.08. The number of guanidine groups is 1. The van der Waals surface area contributed by atoms with Crippen molar-refractivity contribution in [2.24, 2.45) is 4.99 Å². The van der Waals surface area contributed by atoms with Gasteiger partial charge >= 0.3 is 0 Å². The number of aliphatic imine (C=N–C) groups is 1. The minimum atomic E-state index is 0.527. The smallest absolute Gasteiger partial charge is 0.191 e. The Morgan fingerprint density at radius 3 is 2.73 bits per heavy atom. The van der Waals surface area contributed by atoms with Crippen LogP contribution in [-0.2, 0) is 19.4 Å². The maximum absolute atomic E-state index is 5.81. The molecule has 26 heavy (non-hydrogen) atoms. The van der Waals surface area contributed by atoms with Gasteiger partial charge in [0, 0.05) is 46.0 Å². The lowest BCUT2D eigenvalue weighted by atomic mass is 10.00. The van der Waals surface area contributed by atoms with E-state index >= 15 is 0 Å². The van der Waals surface area contributed by atoms with Crippen molar-refractivity contribution in [3.8, 4) is 0 Å². The van der Waals surface area contributed by atoms with Gasteiger partial charge in [-0.25, -0.2) is 4.98 Å². The Morgan fingerprint density at radius 2 is 1.96 bits per heavy atom. The molecule has 5 nitrogen and oxygen atoms in total. The molecule has 138 valence electrons. The third kappa shape index (κ3) is 5.44. The van der Waals surface area contributed by atoms with Crippen molar-refractivity contribution >= 4 is 17.6 Å². The SMILES string of the molecule is CN=C(NCCc1ccc(Cl)nc1)NCCN1CCc2ccccc2C1. The predicted octanol–water partition coefficient (Wildman–Crippen LogP) is 2.50. The van der Waals surface area contributed by atoms with Gasteiger partial charge in [0.25, 0.3) is 0 Å². The van der Waals surface area contributed by atoms with Gasteiger partial charge in [0.2, 0.25) is 0 Å². The fraction of sp³-hybridized carbons (Fsp3) is 0.400. The quantitative estimate of drug-likeness (QED) is 0.465. The highest BCUT2D eigenvalue weighted by molar-refractivity contribution is 6.29. The van der Waals surface area contributed by atoms with Crippen molar-refractivity contribution in [2.75, 3.05) is 33.2 Å². The second-order valence-corrected chi connectivity index (χ2v) is 6.85. The van der Waals surface area contributed by atoms with Crippen LogP contribution in [0.3, 0.4) is 0 Å². The number of hydrogen-bond donors (Lipinski definition) is 2. The molecule has 1 aliphatic rings. The van der Waals surface area contributed by atoms with Crippen molar-refractivity contribution in [3.63, 3.8) is 0 Å². The molecule has 1 aliphatic heterocycles. The maximum atomic E-state index is 5.81. The van der Waals surface area contributed by atoms with Gasteiger partial charge in [0.15, 0.2) is 5.96 Å². The molecule has 0 atom stereocenters. The van der Waals surface area contributed by atoms with Crippen molar-refractivity contribution in [3.05, 3.63) is 64.4 Å². The van der Waals surface area contributed by atoms with Crippen LogP contribution in [0.15, 0.2) is 47.6 Å². The standard InChI is InChI=1S/C20H26ClN5/c1-22-20(23-10-8-16-6-7-19(21)25-14-16)24-11-13-26-12-9-17-4-2-3-5-18(17)15-26/h2-7,14H,8-13,15H2,1H3,(H2,22,23,24). The number of benzene rings is 1. The number of rotatable bonds is 6. The molecule has 0 unspecified atom stereocenters. The summed E-state index contributed by atoms with van der Waals surface area (Å²) < 4.78 is 0. The lowest BCUT2D eigenvalue weighted by Crippen LogP contribution is -2.43. The molecule has 0 amide bonds. The Labute approximate surface area is 160 Å². The number of fused-ring (bicyclic) bond motifs is 1. The highest BCUT2D eigenvalue weighted by atomic mass is 35.5. The summed E-state index contributed by atoms with van der Waals surface area (Å²) in [4.78, 5) is 10.9. The van der Waals surface area contributed by atoms with E-state index in [1.165, 1.54) is 11.1 Å². The lowest BCUT2D eigenvalue weighted by molar-refractivity contribution is 0.258. The molecular formula is C20H26ClN5. The Hall–Kier alpha value is -2.11. The molecule has 1 aromatic carbocycles. The van der Waals surface area contributed by atoms with E-state index in [1.54, 1.807) is 7.05 Å². The molecule has 0 fully saturated rings. The van der Waals surface area contributed by atoms with Crippen LogP contribution in [0.4, 0.5) is 0 Å².